The van der Waals surface area contributed by atoms with Crippen molar-refractivity contribution in [1.82, 2.24) is 9.88 Å². The lowest BCUT2D eigenvalue weighted by Crippen LogP contribution is -2.24. The third kappa shape index (κ3) is 1.50. The predicted molar refractivity (Wildman–Crippen MR) is 69.9 cm³/mol. The molecule has 0 aliphatic carbocycles. The molecule has 0 unspecified atom stereocenters. The first kappa shape index (κ1) is 12.0. The fourth-order valence-electron chi connectivity index (χ4n) is 2.18. The fourth-order valence-corrected chi connectivity index (χ4v) is 2.18. The highest BCUT2D eigenvalue weighted by Crippen LogP contribution is 2.26. The van der Waals surface area contributed by atoms with E-state index < -0.39 is 17.4 Å². The van der Waals surface area contributed by atoms with Crippen molar-refractivity contribution in [2.45, 2.75) is 0 Å². The number of nitrogen functional groups attached to an aromatic ring is 1. The maximum Gasteiger partial charge on any atom is 0.262 e. The van der Waals surface area contributed by atoms with Crippen molar-refractivity contribution in [3.63, 3.8) is 0 Å². The second kappa shape index (κ2) is 3.95. The molecular formula is C13H9N3O4. The number of anilines is 1. The van der Waals surface area contributed by atoms with Crippen LogP contribution in [0, 0.1) is 0 Å². The van der Waals surface area contributed by atoms with E-state index in [0.29, 0.717) is 0 Å². The third-order valence-corrected chi connectivity index (χ3v) is 3.08. The molecule has 3 rings (SSSR count). The summed E-state index contributed by atoms with van der Waals surface area (Å²) in [4.78, 5) is 35.3. The Kier molecular flexibility index (Phi) is 2.37. The molecule has 0 saturated heterocycles. The van der Waals surface area contributed by atoms with Crippen molar-refractivity contribution in [1.29, 1.82) is 0 Å². The van der Waals surface area contributed by atoms with Gasteiger partial charge in [0.05, 0.1) is 16.8 Å². The Morgan fingerprint density at radius 2 is 1.80 bits per heavy atom. The molecule has 7 heteroatoms. The number of benzene rings is 1. The van der Waals surface area contributed by atoms with Crippen LogP contribution < -0.4 is 16.6 Å². The Morgan fingerprint density at radius 3 is 2.50 bits per heavy atom. The van der Waals surface area contributed by atoms with Crippen molar-refractivity contribution >= 4 is 17.6 Å². The van der Waals surface area contributed by atoms with E-state index in [1.807, 2.05) is 0 Å². The van der Waals surface area contributed by atoms with Crippen LogP contribution in [0.4, 0.5) is 5.82 Å². The van der Waals surface area contributed by atoms with Gasteiger partial charge >= 0.3 is 0 Å². The summed E-state index contributed by atoms with van der Waals surface area (Å²) in [6.07, 6.45) is 0. The van der Waals surface area contributed by atoms with E-state index in [2.05, 4.69) is 5.32 Å². The second-order valence-electron chi connectivity index (χ2n) is 4.26. The van der Waals surface area contributed by atoms with Gasteiger partial charge in [-0.2, -0.15) is 0 Å². The first-order valence-corrected chi connectivity index (χ1v) is 5.70. The Labute approximate surface area is 112 Å². The average molecular weight is 271 g/mol. The van der Waals surface area contributed by atoms with Crippen LogP contribution in [0.25, 0.3) is 5.69 Å². The van der Waals surface area contributed by atoms with Crippen molar-refractivity contribution in [3.05, 3.63) is 51.8 Å². The number of carbonyl (C=O) groups is 2. The maximum atomic E-state index is 12.1. The number of pyridine rings is 1. The number of nitrogens with one attached hydrogen (secondary N) is 1. The standard InChI is InChI=1S/C13H9N3O4/c14-11-10-6(12(19)15-13(10)20)5-9(18)16(11)7-3-1-2-4-8(7)17/h1-5,17H,14H2,(H,15,19,20). The number of para-hydroxylation sites is 2. The maximum absolute atomic E-state index is 12.1. The number of nitrogens with zero attached hydrogens (tertiary/aromatic N) is 1. The Hall–Kier alpha value is -3.09. The normalized spacial score (nSPS) is 13.2. The number of aromatic hydroxyl groups is 1. The Balaban J connectivity index is 2.38. The number of phenolic OH excluding ortho intramolecular Hbond substituents is 1. The topological polar surface area (TPSA) is 114 Å². The molecule has 1 aliphatic heterocycles. The van der Waals surface area contributed by atoms with Gasteiger partial charge in [-0.1, -0.05) is 12.1 Å². The lowest BCUT2D eigenvalue weighted by Gasteiger charge is -2.12. The zero-order valence-electron chi connectivity index (χ0n) is 10.1. The minimum atomic E-state index is -0.660. The van der Waals surface area contributed by atoms with Gasteiger partial charge in [0.2, 0.25) is 0 Å². The number of carbonyl (C=O) groups excluding carboxylic acids is 2. The zero-order valence-corrected chi connectivity index (χ0v) is 10.1. The van der Waals surface area contributed by atoms with Crippen molar-refractivity contribution in [2.24, 2.45) is 0 Å². The molecule has 0 atom stereocenters. The summed E-state index contributed by atoms with van der Waals surface area (Å²) in [5.74, 6) is -1.66. The fraction of sp³-hybridized carbons (Fsp3) is 0. The Morgan fingerprint density at radius 1 is 1.10 bits per heavy atom. The number of hydrogen-bond donors (Lipinski definition) is 3. The summed E-state index contributed by atoms with van der Waals surface area (Å²) < 4.78 is 0.992. The van der Waals surface area contributed by atoms with Gasteiger partial charge in [0.15, 0.2) is 0 Å². The highest BCUT2D eigenvalue weighted by molar-refractivity contribution is 6.23. The summed E-state index contributed by atoms with van der Waals surface area (Å²) in [6, 6.07) is 7.09. The van der Waals surface area contributed by atoms with Crippen molar-refractivity contribution in [3.8, 4) is 11.4 Å². The molecule has 0 radical (unpaired) electrons. The number of rotatable bonds is 1. The minimum Gasteiger partial charge on any atom is -0.506 e. The van der Waals surface area contributed by atoms with Crippen LogP contribution >= 0.6 is 0 Å². The van der Waals surface area contributed by atoms with Gasteiger partial charge in [-0.05, 0) is 12.1 Å². The quantitative estimate of drug-likeness (QED) is 0.632. The molecule has 7 nitrogen and oxygen atoms in total. The van der Waals surface area contributed by atoms with E-state index in [4.69, 9.17) is 5.73 Å². The molecule has 2 aromatic rings. The number of imide groups is 1. The minimum absolute atomic E-state index is 0.0517. The molecule has 2 amide bonds. The predicted octanol–water partition coefficient (Wildman–Crippen LogP) is 0.00890. The van der Waals surface area contributed by atoms with E-state index in [1.165, 1.54) is 12.1 Å². The van der Waals surface area contributed by atoms with Gasteiger partial charge in [0, 0.05) is 6.07 Å². The first-order chi connectivity index (χ1) is 9.50. The number of hydrogen-bond acceptors (Lipinski definition) is 5. The number of nitrogens with two attached hydrogens (primary N) is 1. The molecule has 0 saturated carbocycles. The van der Waals surface area contributed by atoms with Crippen LogP contribution in [0.3, 0.4) is 0 Å². The van der Waals surface area contributed by atoms with Crippen molar-refractivity contribution < 1.29 is 14.7 Å². The smallest absolute Gasteiger partial charge is 0.262 e. The van der Waals surface area contributed by atoms with E-state index in [-0.39, 0.29) is 28.4 Å². The summed E-state index contributed by atoms with van der Waals surface area (Å²) in [5, 5.41) is 11.9. The molecule has 1 aromatic heterocycles. The van der Waals surface area contributed by atoms with E-state index in [0.717, 1.165) is 10.6 Å². The monoisotopic (exact) mass is 271 g/mol. The first-order valence-electron chi connectivity index (χ1n) is 5.70. The van der Waals surface area contributed by atoms with Crippen LogP contribution in [0.5, 0.6) is 5.75 Å². The zero-order chi connectivity index (χ0) is 14.4. The second-order valence-corrected chi connectivity index (χ2v) is 4.26. The molecule has 0 bridgehead atoms. The van der Waals surface area contributed by atoms with Gasteiger partial charge in [0.1, 0.15) is 11.6 Å². The van der Waals surface area contributed by atoms with E-state index >= 15 is 0 Å². The third-order valence-electron chi connectivity index (χ3n) is 3.08. The lowest BCUT2D eigenvalue weighted by atomic mass is 10.1. The van der Waals surface area contributed by atoms with Gasteiger partial charge in [-0.3, -0.25) is 24.3 Å². The molecule has 4 N–H and O–H groups in total. The molecule has 1 aromatic carbocycles. The van der Waals surface area contributed by atoms with Gasteiger partial charge < -0.3 is 10.8 Å². The highest BCUT2D eigenvalue weighted by atomic mass is 16.3. The van der Waals surface area contributed by atoms with Gasteiger partial charge in [-0.15, -0.1) is 0 Å². The number of phenols is 1. The number of fused-ring (bicyclic) bond motifs is 1. The summed E-state index contributed by atoms with van der Waals surface area (Å²) in [5.41, 5.74) is 5.26. The van der Waals surface area contributed by atoms with E-state index in [9.17, 15) is 19.5 Å². The molecule has 2 heterocycles. The number of amides is 2. The van der Waals surface area contributed by atoms with Crippen LogP contribution in [0.15, 0.2) is 35.1 Å². The molecule has 0 spiro atoms. The molecule has 20 heavy (non-hydrogen) atoms. The van der Waals surface area contributed by atoms with Crippen molar-refractivity contribution in [2.75, 3.05) is 5.73 Å². The highest BCUT2D eigenvalue weighted by Gasteiger charge is 2.32. The SMILES string of the molecule is Nc1c2c(cc(=O)n1-c1ccccc1O)C(=O)NC2=O. The number of aromatic nitrogens is 1. The largest absolute Gasteiger partial charge is 0.506 e. The van der Waals surface area contributed by atoms with Gasteiger partial charge in [-0.25, -0.2) is 0 Å². The molecule has 100 valence electrons. The van der Waals surface area contributed by atoms with Gasteiger partial charge in [0.25, 0.3) is 17.4 Å². The summed E-state index contributed by atoms with van der Waals surface area (Å²) in [6.45, 7) is 0. The molecular weight excluding hydrogens is 262 g/mol. The Bertz CT molecular complexity index is 823. The lowest BCUT2D eigenvalue weighted by molar-refractivity contribution is 0.0880. The summed E-state index contributed by atoms with van der Waals surface area (Å²) >= 11 is 0. The molecule has 1 aliphatic rings. The van der Waals surface area contributed by atoms with Crippen LogP contribution in [0.1, 0.15) is 20.7 Å². The van der Waals surface area contributed by atoms with Crippen LogP contribution in [-0.4, -0.2) is 21.5 Å². The van der Waals surface area contributed by atoms with E-state index in [1.54, 1.807) is 12.1 Å². The average Bonchev–Trinajstić information content (AvgIpc) is 2.67. The molecule has 0 fully saturated rings. The van der Waals surface area contributed by atoms with Crippen LogP contribution in [0.2, 0.25) is 0 Å². The van der Waals surface area contributed by atoms with Crippen LogP contribution in [-0.2, 0) is 0 Å². The summed E-state index contributed by atoms with van der Waals surface area (Å²) in [7, 11) is 0.